The van der Waals surface area contributed by atoms with Crippen LogP contribution in [0, 0.1) is 13.8 Å². The highest BCUT2D eigenvalue weighted by Gasteiger charge is 2.07. The van der Waals surface area contributed by atoms with Gasteiger partial charge < -0.3 is 10.2 Å². The number of nitrogens with one attached hydrogen (secondary N) is 1. The Bertz CT molecular complexity index is 596. The molecule has 0 saturated heterocycles. The number of anilines is 1. The molecule has 0 saturated carbocycles. The van der Waals surface area contributed by atoms with E-state index in [0.717, 1.165) is 17.8 Å². The molecular weight excluding hydrogens is 266 g/mol. The van der Waals surface area contributed by atoms with Crippen molar-refractivity contribution in [2.45, 2.75) is 20.4 Å². The fourth-order valence-corrected chi connectivity index (χ4v) is 2.09. The van der Waals surface area contributed by atoms with Gasteiger partial charge in [-0.1, -0.05) is 18.2 Å². The highest BCUT2D eigenvalue weighted by molar-refractivity contribution is 7.80. The lowest BCUT2D eigenvalue weighted by molar-refractivity contribution is 0.507. The van der Waals surface area contributed by atoms with Gasteiger partial charge in [-0.2, -0.15) is 0 Å². The van der Waals surface area contributed by atoms with Crippen molar-refractivity contribution in [3.63, 3.8) is 0 Å². The maximum absolute atomic E-state index is 5.46. The maximum atomic E-state index is 5.46. The van der Waals surface area contributed by atoms with Crippen LogP contribution in [0.2, 0.25) is 0 Å². The Balaban J connectivity index is 2.02. The van der Waals surface area contributed by atoms with Crippen LogP contribution in [0.15, 0.2) is 42.7 Å². The minimum Gasteiger partial charge on any atom is -0.348 e. The first-order valence-corrected chi connectivity index (χ1v) is 6.95. The SMILES string of the molecule is Cc1ccc(C)c(NC(=S)N(C)Cc2cccnc2)c1. The van der Waals surface area contributed by atoms with Gasteiger partial charge in [0.2, 0.25) is 0 Å². The second kappa shape index (κ2) is 6.48. The van der Waals surface area contributed by atoms with Gasteiger partial charge >= 0.3 is 0 Å². The summed E-state index contributed by atoms with van der Waals surface area (Å²) in [4.78, 5) is 6.12. The molecule has 0 bridgehead atoms. The zero-order chi connectivity index (χ0) is 14.5. The summed E-state index contributed by atoms with van der Waals surface area (Å²) < 4.78 is 0. The fraction of sp³-hybridized carbons (Fsp3) is 0.250. The maximum Gasteiger partial charge on any atom is 0.173 e. The van der Waals surface area contributed by atoms with Gasteiger partial charge in [-0.05, 0) is 54.9 Å². The van der Waals surface area contributed by atoms with Crippen molar-refractivity contribution in [3.8, 4) is 0 Å². The largest absolute Gasteiger partial charge is 0.348 e. The third kappa shape index (κ3) is 3.78. The zero-order valence-corrected chi connectivity index (χ0v) is 12.9. The molecule has 2 rings (SSSR count). The summed E-state index contributed by atoms with van der Waals surface area (Å²) in [5, 5.41) is 4.02. The lowest BCUT2D eigenvalue weighted by Gasteiger charge is -2.22. The lowest BCUT2D eigenvalue weighted by atomic mass is 10.1. The van der Waals surface area contributed by atoms with Gasteiger partial charge in [-0.15, -0.1) is 0 Å². The Morgan fingerprint density at radius 2 is 2.10 bits per heavy atom. The lowest BCUT2D eigenvalue weighted by Crippen LogP contribution is -2.30. The summed E-state index contributed by atoms with van der Waals surface area (Å²) in [6, 6.07) is 10.3. The van der Waals surface area contributed by atoms with E-state index in [0.29, 0.717) is 5.11 Å². The summed E-state index contributed by atoms with van der Waals surface area (Å²) in [6.07, 6.45) is 3.63. The van der Waals surface area contributed by atoms with E-state index in [1.54, 1.807) is 6.20 Å². The van der Waals surface area contributed by atoms with Gasteiger partial charge in [0.05, 0.1) is 0 Å². The number of aryl methyl sites for hydroxylation is 2. The smallest absolute Gasteiger partial charge is 0.173 e. The minimum atomic E-state index is 0.711. The molecule has 1 N–H and O–H groups in total. The molecule has 20 heavy (non-hydrogen) atoms. The molecule has 0 spiro atoms. The van der Waals surface area contributed by atoms with E-state index in [1.165, 1.54) is 11.1 Å². The third-order valence-corrected chi connectivity index (χ3v) is 3.54. The van der Waals surface area contributed by atoms with E-state index >= 15 is 0 Å². The Morgan fingerprint density at radius 3 is 2.80 bits per heavy atom. The number of hydrogen-bond acceptors (Lipinski definition) is 2. The highest BCUT2D eigenvalue weighted by atomic mass is 32.1. The van der Waals surface area contributed by atoms with Gasteiger partial charge in [0, 0.05) is 31.7 Å². The summed E-state index contributed by atoms with van der Waals surface area (Å²) in [5.74, 6) is 0. The van der Waals surface area contributed by atoms with E-state index in [1.807, 2.05) is 30.3 Å². The molecule has 0 radical (unpaired) electrons. The van der Waals surface area contributed by atoms with Crippen LogP contribution in [-0.4, -0.2) is 22.0 Å². The fourth-order valence-electron chi connectivity index (χ4n) is 1.92. The summed E-state index contributed by atoms with van der Waals surface area (Å²) in [6.45, 7) is 4.89. The molecule has 0 fully saturated rings. The normalized spacial score (nSPS) is 10.2. The van der Waals surface area contributed by atoms with Crippen molar-refractivity contribution in [1.29, 1.82) is 0 Å². The van der Waals surface area contributed by atoms with Crippen molar-refractivity contribution in [1.82, 2.24) is 9.88 Å². The molecule has 0 aliphatic carbocycles. The van der Waals surface area contributed by atoms with Crippen LogP contribution in [0.1, 0.15) is 16.7 Å². The van der Waals surface area contributed by atoms with Gasteiger partial charge in [-0.25, -0.2) is 0 Å². The first kappa shape index (κ1) is 14.5. The van der Waals surface area contributed by atoms with Crippen LogP contribution >= 0.6 is 12.2 Å². The molecule has 0 aliphatic heterocycles. The third-order valence-electron chi connectivity index (χ3n) is 3.12. The first-order valence-electron chi connectivity index (χ1n) is 6.54. The standard InChI is InChI=1S/C16H19N3S/c1-12-6-7-13(2)15(9-12)18-16(20)19(3)11-14-5-4-8-17-10-14/h4-10H,11H2,1-3H3,(H,18,20). The van der Waals surface area contributed by atoms with Crippen LogP contribution in [0.3, 0.4) is 0 Å². The molecular formula is C16H19N3S. The topological polar surface area (TPSA) is 28.2 Å². The Hall–Kier alpha value is -1.94. The quantitative estimate of drug-likeness (QED) is 0.873. The average Bonchev–Trinajstić information content (AvgIpc) is 2.44. The number of pyridine rings is 1. The van der Waals surface area contributed by atoms with Crippen LogP contribution in [0.25, 0.3) is 0 Å². The second-order valence-corrected chi connectivity index (χ2v) is 5.35. The molecule has 1 aromatic heterocycles. The molecule has 3 nitrogen and oxygen atoms in total. The highest BCUT2D eigenvalue weighted by Crippen LogP contribution is 2.17. The van der Waals surface area contributed by atoms with Crippen LogP contribution in [-0.2, 0) is 6.54 Å². The number of rotatable bonds is 3. The van der Waals surface area contributed by atoms with E-state index in [4.69, 9.17) is 12.2 Å². The number of benzene rings is 1. The first-order chi connectivity index (χ1) is 9.56. The van der Waals surface area contributed by atoms with E-state index in [2.05, 4.69) is 42.3 Å². The van der Waals surface area contributed by atoms with Crippen LogP contribution in [0.4, 0.5) is 5.69 Å². The minimum absolute atomic E-state index is 0.711. The molecule has 2 aromatic rings. The molecule has 104 valence electrons. The van der Waals surface area contributed by atoms with Crippen molar-refractivity contribution >= 4 is 23.0 Å². The van der Waals surface area contributed by atoms with Crippen molar-refractivity contribution in [3.05, 3.63) is 59.4 Å². The monoisotopic (exact) mass is 285 g/mol. The number of nitrogens with zero attached hydrogens (tertiary/aromatic N) is 2. The second-order valence-electron chi connectivity index (χ2n) is 4.97. The molecule has 1 aromatic carbocycles. The number of aromatic nitrogens is 1. The van der Waals surface area contributed by atoms with Crippen LogP contribution in [0.5, 0.6) is 0 Å². The Morgan fingerprint density at radius 1 is 1.30 bits per heavy atom. The summed E-state index contributed by atoms with van der Waals surface area (Å²) in [5.41, 5.74) is 4.61. The van der Waals surface area contributed by atoms with E-state index in [-0.39, 0.29) is 0 Å². The molecule has 0 amide bonds. The summed E-state index contributed by atoms with van der Waals surface area (Å²) in [7, 11) is 1.98. The van der Waals surface area contributed by atoms with E-state index < -0.39 is 0 Å². The molecule has 0 unspecified atom stereocenters. The van der Waals surface area contributed by atoms with Gasteiger partial charge in [-0.3, -0.25) is 4.98 Å². The predicted octanol–water partition coefficient (Wildman–Crippen LogP) is 3.53. The Kier molecular flexibility index (Phi) is 4.69. The van der Waals surface area contributed by atoms with Gasteiger partial charge in [0.25, 0.3) is 0 Å². The molecule has 4 heteroatoms. The molecule has 1 heterocycles. The summed E-state index contributed by atoms with van der Waals surface area (Å²) >= 11 is 5.46. The van der Waals surface area contributed by atoms with Crippen molar-refractivity contribution in [2.24, 2.45) is 0 Å². The Labute approximate surface area is 125 Å². The van der Waals surface area contributed by atoms with Crippen molar-refractivity contribution in [2.75, 3.05) is 12.4 Å². The average molecular weight is 285 g/mol. The number of thiocarbonyl (C=S) groups is 1. The predicted molar refractivity (Wildman–Crippen MR) is 87.8 cm³/mol. The number of hydrogen-bond donors (Lipinski definition) is 1. The van der Waals surface area contributed by atoms with E-state index in [9.17, 15) is 0 Å². The zero-order valence-electron chi connectivity index (χ0n) is 12.1. The van der Waals surface area contributed by atoms with Gasteiger partial charge in [0.15, 0.2) is 5.11 Å². The molecule has 0 atom stereocenters. The van der Waals surface area contributed by atoms with Crippen LogP contribution < -0.4 is 5.32 Å². The molecule has 0 aliphatic rings. The van der Waals surface area contributed by atoms with Gasteiger partial charge in [0.1, 0.15) is 0 Å². The van der Waals surface area contributed by atoms with Crippen molar-refractivity contribution < 1.29 is 0 Å².